The van der Waals surface area contributed by atoms with Gasteiger partial charge in [-0.3, -0.25) is 0 Å². The lowest BCUT2D eigenvalue weighted by molar-refractivity contribution is 0.198. The summed E-state index contributed by atoms with van der Waals surface area (Å²) >= 11 is 0. The van der Waals surface area contributed by atoms with E-state index < -0.39 is 21.9 Å². The van der Waals surface area contributed by atoms with Crippen molar-refractivity contribution in [1.29, 1.82) is 0 Å². The molecule has 7 heteroatoms. The van der Waals surface area contributed by atoms with Crippen molar-refractivity contribution in [2.75, 3.05) is 12.3 Å². The summed E-state index contributed by atoms with van der Waals surface area (Å²) in [7, 11) is -3.80. The summed E-state index contributed by atoms with van der Waals surface area (Å²) in [4.78, 5) is -0.222. The minimum Gasteiger partial charge on any atom is -0.396 e. The monoisotopic (exact) mass is 248 g/mol. The van der Waals surface area contributed by atoms with E-state index in [-0.39, 0.29) is 17.1 Å². The van der Waals surface area contributed by atoms with Gasteiger partial charge in [-0.1, -0.05) is 0 Å². The molecule has 0 aliphatic carbocycles. The zero-order valence-corrected chi connectivity index (χ0v) is 9.46. The number of halogens is 1. The van der Waals surface area contributed by atoms with E-state index in [1.807, 2.05) is 0 Å². The number of nitrogens with one attached hydrogen (secondary N) is 1. The topological polar surface area (TPSA) is 92.4 Å². The van der Waals surface area contributed by atoms with Gasteiger partial charge in [0.2, 0.25) is 10.0 Å². The van der Waals surface area contributed by atoms with Crippen LogP contribution >= 0.6 is 0 Å². The highest BCUT2D eigenvalue weighted by Gasteiger charge is 2.15. The van der Waals surface area contributed by atoms with E-state index in [4.69, 9.17) is 10.8 Å². The highest BCUT2D eigenvalue weighted by atomic mass is 32.2. The molecular weight excluding hydrogens is 235 g/mol. The second kappa shape index (κ2) is 4.77. The van der Waals surface area contributed by atoms with Crippen LogP contribution in [0.15, 0.2) is 23.1 Å². The van der Waals surface area contributed by atoms with Crippen molar-refractivity contribution in [2.24, 2.45) is 0 Å². The first kappa shape index (κ1) is 12.9. The number of sulfonamides is 1. The van der Waals surface area contributed by atoms with Crippen molar-refractivity contribution in [1.82, 2.24) is 4.72 Å². The predicted octanol–water partition coefficient (Wildman–Crippen LogP) is 0.0670. The zero-order chi connectivity index (χ0) is 12.3. The van der Waals surface area contributed by atoms with E-state index in [0.717, 1.165) is 6.07 Å². The van der Waals surface area contributed by atoms with E-state index in [1.54, 1.807) is 0 Å². The maximum Gasteiger partial charge on any atom is 0.240 e. The Morgan fingerprint density at radius 3 is 2.69 bits per heavy atom. The maximum atomic E-state index is 13.0. The normalized spacial score (nSPS) is 13.7. The van der Waals surface area contributed by atoms with Crippen molar-refractivity contribution in [2.45, 2.75) is 17.9 Å². The molecule has 5 nitrogen and oxygen atoms in total. The summed E-state index contributed by atoms with van der Waals surface area (Å²) in [6, 6.07) is 3.20. The summed E-state index contributed by atoms with van der Waals surface area (Å²) < 4.78 is 38.3. The highest BCUT2D eigenvalue weighted by Crippen LogP contribution is 2.15. The van der Waals surface area contributed by atoms with Crippen LogP contribution in [0.4, 0.5) is 10.1 Å². The van der Waals surface area contributed by atoms with Crippen molar-refractivity contribution >= 4 is 15.7 Å². The van der Waals surface area contributed by atoms with E-state index >= 15 is 0 Å². The number of nitrogens with two attached hydrogens (primary N) is 1. The molecule has 0 bridgehead atoms. The Morgan fingerprint density at radius 2 is 2.19 bits per heavy atom. The summed E-state index contributed by atoms with van der Waals surface area (Å²) in [5.74, 6) is -0.792. The van der Waals surface area contributed by atoms with Crippen LogP contribution < -0.4 is 10.5 Å². The molecule has 1 rings (SSSR count). The minimum absolute atomic E-state index is 0.116. The van der Waals surface area contributed by atoms with Crippen LogP contribution in [0.3, 0.4) is 0 Å². The van der Waals surface area contributed by atoms with Gasteiger partial charge in [-0.15, -0.1) is 0 Å². The molecule has 0 aliphatic rings. The van der Waals surface area contributed by atoms with Gasteiger partial charge in [0.05, 0.1) is 16.7 Å². The van der Waals surface area contributed by atoms with Crippen LogP contribution in [0.1, 0.15) is 6.92 Å². The SMILES string of the molecule is C[C@@H](O)CNS(=O)(=O)c1ccc(N)c(F)c1. The molecule has 0 fully saturated rings. The third-order valence-electron chi connectivity index (χ3n) is 1.85. The van der Waals surface area contributed by atoms with Crippen LogP contribution in [-0.2, 0) is 10.0 Å². The number of anilines is 1. The molecule has 0 spiro atoms. The summed E-state index contributed by atoms with van der Waals surface area (Å²) in [6.45, 7) is 1.31. The molecule has 1 atom stereocenters. The Balaban J connectivity index is 2.94. The van der Waals surface area contributed by atoms with Gasteiger partial charge in [-0.2, -0.15) is 0 Å². The fraction of sp³-hybridized carbons (Fsp3) is 0.333. The number of benzene rings is 1. The maximum absolute atomic E-state index is 13.0. The Hall–Kier alpha value is -1.18. The Bertz CT molecular complexity index is 474. The van der Waals surface area contributed by atoms with Gasteiger partial charge in [0, 0.05) is 6.54 Å². The quantitative estimate of drug-likeness (QED) is 0.657. The van der Waals surface area contributed by atoms with Crippen LogP contribution in [0.25, 0.3) is 0 Å². The fourth-order valence-corrected chi connectivity index (χ4v) is 2.12. The molecule has 0 aliphatic heterocycles. The van der Waals surface area contributed by atoms with E-state index in [2.05, 4.69) is 4.72 Å². The predicted molar refractivity (Wildman–Crippen MR) is 57.7 cm³/mol. The van der Waals surface area contributed by atoms with Gasteiger partial charge < -0.3 is 10.8 Å². The van der Waals surface area contributed by atoms with E-state index in [0.29, 0.717) is 0 Å². The van der Waals surface area contributed by atoms with Crippen molar-refractivity contribution in [3.8, 4) is 0 Å². The first-order valence-corrected chi connectivity index (χ1v) is 6.04. The van der Waals surface area contributed by atoms with Crippen LogP contribution in [0.2, 0.25) is 0 Å². The number of rotatable bonds is 4. The molecule has 0 unspecified atom stereocenters. The lowest BCUT2D eigenvalue weighted by Crippen LogP contribution is -2.30. The van der Waals surface area contributed by atoms with Gasteiger partial charge in [0.25, 0.3) is 0 Å². The second-order valence-electron chi connectivity index (χ2n) is 3.38. The number of nitrogen functional groups attached to an aromatic ring is 1. The summed E-state index contributed by atoms with van der Waals surface area (Å²) in [6.07, 6.45) is -0.812. The summed E-state index contributed by atoms with van der Waals surface area (Å²) in [5, 5.41) is 8.94. The lowest BCUT2D eigenvalue weighted by atomic mass is 10.3. The molecule has 0 aromatic heterocycles. The molecule has 16 heavy (non-hydrogen) atoms. The van der Waals surface area contributed by atoms with Crippen molar-refractivity contribution in [3.63, 3.8) is 0 Å². The number of hydrogen-bond donors (Lipinski definition) is 3. The Labute approximate surface area is 93.1 Å². The Kier molecular flexibility index (Phi) is 3.84. The third-order valence-corrected chi connectivity index (χ3v) is 3.27. The van der Waals surface area contributed by atoms with E-state index in [1.165, 1.54) is 19.1 Å². The summed E-state index contributed by atoms with van der Waals surface area (Å²) in [5.41, 5.74) is 5.11. The smallest absolute Gasteiger partial charge is 0.240 e. The number of aliphatic hydroxyl groups is 1. The third kappa shape index (κ3) is 3.16. The van der Waals surface area contributed by atoms with Crippen LogP contribution in [0.5, 0.6) is 0 Å². The van der Waals surface area contributed by atoms with Crippen molar-refractivity contribution < 1.29 is 17.9 Å². The molecule has 90 valence electrons. The standard InChI is InChI=1S/C9H13FN2O3S/c1-6(13)5-12-16(14,15)7-2-3-9(11)8(10)4-7/h2-4,6,12-13H,5,11H2,1H3/t6-/m1/s1. The average molecular weight is 248 g/mol. The molecule has 1 aromatic carbocycles. The number of hydrogen-bond acceptors (Lipinski definition) is 4. The molecule has 0 radical (unpaired) electrons. The molecule has 1 aromatic rings. The zero-order valence-electron chi connectivity index (χ0n) is 8.64. The minimum atomic E-state index is -3.80. The molecule has 0 saturated carbocycles. The lowest BCUT2D eigenvalue weighted by Gasteiger charge is -2.08. The van der Waals surface area contributed by atoms with Gasteiger partial charge in [-0.05, 0) is 25.1 Å². The molecule has 0 saturated heterocycles. The highest BCUT2D eigenvalue weighted by molar-refractivity contribution is 7.89. The first-order valence-electron chi connectivity index (χ1n) is 4.55. The first-order chi connectivity index (χ1) is 7.33. The van der Waals surface area contributed by atoms with Gasteiger partial charge in [0.1, 0.15) is 5.82 Å². The molecule has 0 heterocycles. The second-order valence-corrected chi connectivity index (χ2v) is 5.15. The molecule has 4 N–H and O–H groups in total. The fourth-order valence-electron chi connectivity index (χ4n) is 0.989. The van der Waals surface area contributed by atoms with Crippen LogP contribution in [-0.4, -0.2) is 26.2 Å². The van der Waals surface area contributed by atoms with Crippen molar-refractivity contribution in [3.05, 3.63) is 24.0 Å². The largest absolute Gasteiger partial charge is 0.396 e. The van der Waals surface area contributed by atoms with E-state index in [9.17, 15) is 12.8 Å². The van der Waals surface area contributed by atoms with Gasteiger partial charge in [-0.25, -0.2) is 17.5 Å². The Morgan fingerprint density at radius 1 is 1.56 bits per heavy atom. The molecular formula is C9H13FN2O3S. The van der Waals surface area contributed by atoms with Gasteiger partial charge >= 0.3 is 0 Å². The average Bonchev–Trinajstić information content (AvgIpc) is 2.19. The van der Waals surface area contributed by atoms with Crippen LogP contribution in [0, 0.1) is 5.82 Å². The van der Waals surface area contributed by atoms with Gasteiger partial charge in [0.15, 0.2) is 0 Å². The number of aliphatic hydroxyl groups excluding tert-OH is 1. The molecule has 0 amide bonds.